The second kappa shape index (κ2) is 6.39. The number of carbonyl (C=O) groups excluding carboxylic acids is 1. The fourth-order valence-corrected chi connectivity index (χ4v) is 3.03. The monoisotopic (exact) mass is 344 g/mol. The van der Waals surface area contributed by atoms with Crippen molar-refractivity contribution in [1.29, 1.82) is 0 Å². The number of amides is 1. The minimum Gasteiger partial charge on any atom is -0.337 e. The minimum atomic E-state index is 0.0399. The second-order valence-electron chi connectivity index (χ2n) is 5.46. The molecule has 0 unspecified atom stereocenters. The van der Waals surface area contributed by atoms with E-state index < -0.39 is 0 Å². The number of hydrogen-bond acceptors (Lipinski definition) is 2. The molecule has 108 valence electrons. The molecule has 4 heteroatoms. The van der Waals surface area contributed by atoms with Crippen LogP contribution in [0, 0.1) is 5.92 Å². The lowest BCUT2D eigenvalue weighted by molar-refractivity contribution is 0.0781. The lowest BCUT2D eigenvalue weighted by Gasteiger charge is -2.16. The summed E-state index contributed by atoms with van der Waals surface area (Å²) >= 11 is 3.34. The lowest BCUT2D eigenvalue weighted by Crippen LogP contribution is -2.29. The summed E-state index contributed by atoms with van der Waals surface area (Å²) in [7, 11) is 0. The van der Waals surface area contributed by atoms with Gasteiger partial charge in [0.05, 0.1) is 0 Å². The van der Waals surface area contributed by atoms with Gasteiger partial charge in [0.15, 0.2) is 0 Å². The molecule has 0 spiro atoms. The van der Waals surface area contributed by atoms with Gasteiger partial charge in [-0.1, -0.05) is 30.3 Å². The molecule has 1 aromatic heterocycles. The zero-order valence-electron chi connectivity index (χ0n) is 11.7. The van der Waals surface area contributed by atoms with E-state index >= 15 is 0 Å². The van der Waals surface area contributed by atoms with Crippen LogP contribution in [0.4, 0.5) is 0 Å². The first kappa shape index (κ1) is 14.3. The molecule has 21 heavy (non-hydrogen) atoms. The van der Waals surface area contributed by atoms with Gasteiger partial charge in [-0.25, -0.2) is 4.98 Å². The quantitative estimate of drug-likeness (QED) is 0.852. The Labute approximate surface area is 133 Å². The maximum atomic E-state index is 12.4. The molecule has 0 radical (unpaired) electrons. The van der Waals surface area contributed by atoms with Crippen molar-refractivity contribution in [2.75, 3.05) is 13.1 Å². The summed E-state index contributed by atoms with van der Waals surface area (Å²) in [5.74, 6) is 0.588. The predicted octanol–water partition coefficient (Wildman–Crippen LogP) is 3.55. The number of benzene rings is 1. The molecule has 1 aromatic carbocycles. The van der Waals surface area contributed by atoms with E-state index in [4.69, 9.17) is 0 Å². The zero-order valence-corrected chi connectivity index (χ0v) is 13.3. The molecule has 1 fully saturated rings. The molecule has 1 aliphatic rings. The second-order valence-corrected chi connectivity index (χ2v) is 6.37. The van der Waals surface area contributed by atoms with Crippen molar-refractivity contribution in [3.63, 3.8) is 0 Å². The van der Waals surface area contributed by atoms with Gasteiger partial charge in [0.2, 0.25) is 0 Å². The van der Waals surface area contributed by atoms with Crippen LogP contribution in [0.1, 0.15) is 22.5 Å². The maximum absolute atomic E-state index is 12.4. The molecular formula is C17H17BrN2O. The van der Waals surface area contributed by atoms with Crippen LogP contribution in [0.2, 0.25) is 0 Å². The Morgan fingerprint density at radius 2 is 2.05 bits per heavy atom. The van der Waals surface area contributed by atoms with Crippen LogP contribution in [-0.2, 0) is 6.42 Å². The summed E-state index contributed by atoms with van der Waals surface area (Å²) in [5, 5.41) is 0. The summed E-state index contributed by atoms with van der Waals surface area (Å²) in [6.45, 7) is 1.65. The summed E-state index contributed by atoms with van der Waals surface area (Å²) in [6, 6.07) is 14.1. The van der Waals surface area contributed by atoms with Gasteiger partial charge >= 0.3 is 0 Å². The largest absolute Gasteiger partial charge is 0.337 e. The Morgan fingerprint density at radius 1 is 1.24 bits per heavy atom. The van der Waals surface area contributed by atoms with Crippen molar-refractivity contribution in [1.82, 2.24) is 9.88 Å². The van der Waals surface area contributed by atoms with E-state index in [1.807, 2.05) is 17.0 Å². The van der Waals surface area contributed by atoms with Crippen molar-refractivity contribution >= 4 is 21.8 Å². The van der Waals surface area contributed by atoms with Gasteiger partial charge < -0.3 is 4.90 Å². The van der Waals surface area contributed by atoms with E-state index in [0.29, 0.717) is 11.6 Å². The third kappa shape index (κ3) is 3.50. The minimum absolute atomic E-state index is 0.0399. The Bertz CT molecular complexity index is 612. The molecule has 1 saturated heterocycles. The molecule has 1 atom stereocenters. The molecule has 3 rings (SSSR count). The normalized spacial score (nSPS) is 18.0. The molecular weight excluding hydrogens is 328 g/mol. The number of carbonyl (C=O) groups is 1. The highest BCUT2D eigenvalue weighted by atomic mass is 79.9. The van der Waals surface area contributed by atoms with Crippen molar-refractivity contribution in [3.05, 3.63) is 64.4 Å². The number of hydrogen-bond donors (Lipinski definition) is 0. The summed E-state index contributed by atoms with van der Waals surface area (Å²) < 4.78 is 0.891. The Morgan fingerprint density at radius 3 is 2.76 bits per heavy atom. The standard InChI is InChI=1S/C17H17BrN2O/c18-15-6-7-16(19-11-15)17(21)20-9-8-14(12-20)10-13-4-2-1-3-5-13/h1-7,11,14H,8-10,12H2/t14-/m1/s1. The van der Waals surface area contributed by atoms with E-state index in [9.17, 15) is 4.79 Å². The van der Waals surface area contributed by atoms with Crippen molar-refractivity contribution in [2.24, 2.45) is 5.92 Å². The first-order chi connectivity index (χ1) is 10.2. The molecule has 3 nitrogen and oxygen atoms in total. The maximum Gasteiger partial charge on any atom is 0.272 e. The highest BCUT2D eigenvalue weighted by Gasteiger charge is 2.27. The molecule has 1 aliphatic heterocycles. The van der Waals surface area contributed by atoms with E-state index in [0.717, 1.165) is 30.4 Å². The molecule has 0 N–H and O–H groups in total. The smallest absolute Gasteiger partial charge is 0.272 e. The van der Waals surface area contributed by atoms with Gasteiger partial charge in [0, 0.05) is 23.8 Å². The van der Waals surface area contributed by atoms with E-state index in [1.54, 1.807) is 12.3 Å². The first-order valence-electron chi connectivity index (χ1n) is 7.17. The van der Waals surface area contributed by atoms with Crippen LogP contribution >= 0.6 is 15.9 Å². The average Bonchev–Trinajstić information content (AvgIpc) is 2.97. The number of aromatic nitrogens is 1. The average molecular weight is 345 g/mol. The first-order valence-corrected chi connectivity index (χ1v) is 7.96. The van der Waals surface area contributed by atoms with Gasteiger partial charge in [-0.3, -0.25) is 4.79 Å². The Balaban J connectivity index is 1.61. The van der Waals surface area contributed by atoms with Crippen LogP contribution in [0.5, 0.6) is 0 Å². The highest BCUT2D eigenvalue weighted by molar-refractivity contribution is 9.10. The Kier molecular flexibility index (Phi) is 4.34. The number of rotatable bonds is 3. The van der Waals surface area contributed by atoms with Crippen LogP contribution in [-0.4, -0.2) is 28.9 Å². The van der Waals surface area contributed by atoms with Crippen molar-refractivity contribution in [2.45, 2.75) is 12.8 Å². The van der Waals surface area contributed by atoms with Crippen LogP contribution < -0.4 is 0 Å². The third-order valence-electron chi connectivity index (χ3n) is 3.89. The number of nitrogens with zero attached hydrogens (tertiary/aromatic N) is 2. The predicted molar refractivity (Wildman–Crippen MR) is 86.1 cm³/mol. The van der Waals surface area contributed by atoms with Gasteiger partial charge in [0.25, 0.3) is 5.91 Å². The fourth-order valence-electron chi connectivity index (χ4n) is 2.80. The molecule has 1 amide bonds. The fraction of sp³-hybridized carbons (Fsp3) is 0.294. The molecule has 2 aromatic rings. The lowest BCUT2D eigenvalue weighted by atomic mass is 9.99. The number of likely N-dealkylation sites (tertiary alicyclic amines) is 1. The molecule has 0 aliphatic carbocycles. The van der Waals surface area contributed by atoms with E-state index in [1.165, 1.54) is 5.56 Å². The highest BCUT2D eigenvalue weighted by Crippen LogP contribution is 2.22. The Hall–Kier alpha value is -1.68. The zero-order chi connectivity index (χ0) is 14.7. The summed E-state index contributed by atoms with van der Waals surface area (Å²) in [4.78, 5) is 18.5. The summed E-state index contributed by atoms with van der Waals surface area (Å²) in [6.07, 6.45) is 3.78. The molecule has 0 saturated carbocycles. The van der Waals surface area contributed by atoms with Crippen LogP contribution in [0.25, 0.3) is 0 Å². The third-order valence-corrected chi connectivity index (χ3v) is 4.36. The van der Waals surface area contributed by atoms with Crippen LogP contribution in [0.3, 0.4) is 0 Å². The molecule has 0 bridgehead atoms. The van der Waals surface area contributed by atoms with E-state index in [-0.39, 0.29) is 5.91 Å². The topological polar surface area (TPSA) is 33.2 Å². The van der Waals surface area contributed by atoms with Gasteiger partial charge in [-0.05, 0) is 52.4 Å². The SMILES string of the molecule is O=C(c1ccc(Br)cn1)N1CC[C@H](Cc2ccccc2)C1. The van der Waals surface area contributed by atoms with Gasteiger partial charge in [-0.2, -0.15) is 0 Å². The van der Waals surface area contributed by atoms with Gasteiger partial charge in [0.1, 0.15) is 5.69 Å². The van der Waals surface area contributed by atoms with Gasteiger partial charge in [-0.15, -0.1) is 0 Å². The summed E-state index contributed by atoms with van der Waals surface area (Å²) in [5.41, 5.74) is 1.87. The number of pyridine rings is 1. The van der Waals surface area contributed by atoms with Crippen molar-refractivity contribution in [3.8, 4) is 0 Å². The van der Waals surface area contributed by atoms with Crippen LogP contribution in [0.15, 0.2) is 53.1 Å². The van der Waals surface area contributed by atoms with Crippen molar-refractivity contribution < 1.29 is 4.79 Å². The number of halogens is 1. The van der Waals surface area contributed by atoms with E-state index in [2.05, 4.69) is 45.2 Å². The molecule has 2 heterocycles.